The normalized spacial score (nSPS) is 10.3. The molecule has 2 amide bonds. The molecule has 3 rings (SSSR count). The van der Waals surface area contributed by atoms with E-state index in [2.05, 4.69) is 20.8 Å². The van der Waals surface area contributed by atoms with E-state index in [1.165, 1.54) is 12.7 Å². The summed E-state index contributed by atoms with van der Waals surface area (Å²) in [6, 6.07) is 13.7. The Morgan fingerprint density at radius 1 is 1.00 bits per heavy atom. The SMILES string of the molecule is O=C(NCCc1ccc(O)cc1)C(=O)Nc1cccc(-n2cnnc2)c1. The van der Waals surface area contributed by atoms with Crippen molar-refractivity contribution in [3.8, 4) is 11.4 Å². The van der Waals surface area contributed by atoms with E-state index in [0.717, 1.165) is 11.3 Å². The van der Waals surface area contributed by atoms with Crippen LogP contribution in [0.15, 0.2) is 61.2 Å². The van der Waals surface area contributed by atoms with Crippen molar-refractivity contribution in [2.24, 2.45) is 0 Å². The van der Waals surface area contributed by atoms with Crippen LogP contribution in [0.25, 0.3) is 5.69 Å². The number of aromatic nitrogens is 3. The molecule has 132 valence electrons. The van der Waals surface area contributed by atoms with Gasteiger partial charge in [-0.1, -0.05) is 18.2 Å². The zero-order valence-electron chi connectivity index (χ0n) is 13.8. The van der Waals surface area contributed by atoms with Crippen LogP contribution in [0.5, 0.6) is 5.75 Å². The lowest BCUT2D eigenvalue weighted by molar-refractivity contribution is -0.136. The number of anilines is 1. The Morgan fingerprint density at radius 3 is 2.46 bits per heavy atom. The molecule has 0 radical (unpaired) electrons. The maximum absolute atomic E-state index is 12.0. The summed E-state index contributed by atoms with van der Waals surface area (Å²) in [4.78, 5) is 23.9. The first-order valence-corrected chi connectivity index (χ1v) is 7.94. The van der Waals surface area contributed by atoms with Gasteiger partial charge in [-0.2, -0.15) is 0 Å². The highest BCUT2D eigenvalue weighted by Crippen LogP contribution is 2.14. The number of nitrogens with zero attached hydrogens (tertiary/aromatic N) is 3. The molecule has 8 heteroatoms. The lowest BCUT2D eigenvalue weighted by Gasteiger charge is -2.08. The van der Waals surface area contributed by atoms with Gasteiger partial charge in [-0.25, -0.2) is 0 Å². The van der Waals surface area contributed by atoms with E-state index < -0.39 is 11.8 Å². The van der Waals surface area contributed by atoms with Gasteiger partial charge in [0.15, 0.2) is 0 Å². The van der Waals surface area contributed by atoms with Crippen LogP contribution in [0.3, 0.4) is 0 Å². The van der Waals surface area contributed by atoms with Gasteiger partial charge in [0.05, 0.1) is 5.69 Å². The van der Waals surface area contributed by atoms with E-state index in [0.29, 0.717) is 18.7 Å². The molecule has 3 aromatic rings. The van der Waals surface area contributed by atoms with Gasteiger partial charge >= 0.3 is 11.8 Å². The molecule has 0 atom stereocenters. The fourth-order valence-corrected chi connectivity index (χ4v) is 2.33. The summed E-state index contributed by atoms with van der Waals surface area (Å²) in [5.74, 6) is -1.26. The third kappa shape index (κ3) is 4.44. The number of carbonyl (C=O) groups is 2. The summed E-state index contributed by atoms with van der Waals surface area (Å²) in [5.41, 5.74) is 2.21. The minimum atomic E-state index is -0.739. The van der Waals surface area contributed by atoms with Crippen LogP contribution in [0.4, 0.5) is 5.69 Å². The number of aromatic hydroxyl groups is 1. The topological polar surface area (TPSA) is 109 Å². The number of phenols is 1. The van der Waals surface area contributed by atoms with E-state index in [4.69, 9.17) is 0 Å². The maximum atomic E-state index is 12.0. The number of nitrogens with one attached hydrogen (secondary N) is 2. The van der Waals surface area contributed by atoms with Gasteiger partial charge in [0, 0.05) is 12.2 Å². The van der Waals surface area contributed by atoms with Gasteiger partial charge in [-0.3, -0.25) is 14.2 Å². The standard InChI is InChI=1S/C18H17N5O3/c24-16-6-4-13(5-7-16)8-9-19-17(25)18(26)22-14-2-1-3-15(10-14)23-11-20-21-12-23/h1-7,10-12,24H,8-9H2,(H,19,25)(H,22,26). The van der Waals surface area contributed by atoms with Crippen molar-refractivity contribution in [2.45, 2.75) is 6.42 Å². The van der Waals surface area contributed by atoms with Crippen LogP contribution in [-0.4, -0.2) is 38.2 Å². The minimum absolute atomic E-state index is 0.186. The second-order valence-corrected chi connectivity index (χ2v) is 5.55. The first-order chi connectivity index (χ1) is 12.6. The van der Waals surface area contributed by atoms with Crippen molar-refractivity contribution in [2.75, 3.05) is 11.9 Å². The molecule has 0 bridgehead atoms. The van der Waals surface area contributed by atoms with E-state index >= 15 is 0 Å². The molecule has 3 N–H and O–H groups in total. The van der Waals surface area contributed by atoms with Crippen molar-refractivity contribution in [3.05, 3.63) is 66.7 Å². The number of benzene rings is 2. The lowest BCUT2D eigenvalue weighted by atomic mass is 10.1. The molecule has 0 aliphatic carbocycles. The van der Waals surface area contributed by atoms with Crippen LogP contribution in [0.2, 0.25) is 0 Å². The van der Waals surface area contributed by atoms with E-state index in [1.54, 1.807) is 47.0 Å². The molecular weight excluding hydrogens is 334 g/mol. The number of phenolic OH excluding ortho intramolecular Hbond substituents is 1. The Kier molecular flexibility index (Phi) is 5.23. The van der Waals surface area contributed by atoms with Crippen LogP contribution >= 0.6 is 0 Å². The largest absolute Gasteiger partial charge is 0.508 e. The van der Waals surface area contributed by atoms with E-state index in [9.17, 15) is 14.7 Å². The summed E-state index contributed by atoms with van der Waals surface area (Å²) in [6.45, 7) is 0.317. The molecule has 0 aliphatic rings. The molecule has 1 heterocycles. The summed E-state index contributed by atoms with van der Waals surface area (Å²) in [5, 5.41) is 21.8. The molecule has 2 aromatic carbocycles. The van der Waals surface area contributed by atoms with Gasteiger partial charge in [0.2, 0.25) is 0 Å². The Morgan fingerprint density at radius 2 is 1.73 bits per heavy atom. The minimum Gasteiger partial charge on any atom is -0.508 e. The lowest BCUT2D eigenvalue weighted by Crippen LogP contribution is -2.36. The number of hydrogen-bond donors (Lipinski definition) is 3. The van der Waals surface area contributed by atoms with Crippen LogP contribution < -0.4 is 10.6 Å². The zero-order valence-corrected chi connectivity index (χ0v) is 13.8. The molecule has 0 fully saturated rings. The molecule has 0 saturated carbocycles. The van der Waals surface area contributed by atoms with Gasteiger partial charge in [0.25, 0.3) is 0 Å². The van der Waals surface area contributed by atoms with Gasteiger partial charge in [0.1, 0.15) is 18.4 Å². The van der Waals surface area contributed by atoms with E-state index in [1.807, 2.05) is 6.07 Å². The predicted octanol–water partition coefficient (Wildman–Crippen LogP) is 1.27. The molecule has 0 aliphatic heterocycles. The van der Waals surface area contributed by atoms with Crippen LogP contribution in [-0.2, 0) is 16.0 Å². The van der Waals surface area contributed by atoms with Gasteiger partial charge in [-0.05, 0) is 42.3 Å². The highest BCUT2D eigenvalue weighted by Gasteiger charge is 2.13. The van der Waals surface area contributed by atoms with Crippen LogP contribution in [0, 0.1) is 0 Å². The molecule has 8 nitrogen and oxygen atoms in total. The fourth-order valence-electron chi connectivity index (χ4n) is 2.33. The van der Waals surface area contributed by atoms with Crippen molar-refractivity contribution in [3.63, 3.8) is 0 Å². The number of hydrogen-bond acceptors (Lipinski definition) is 5. The summed E-state index contributed by atoms with van der Waals surface area (Å²) in [7, 11) is 0. The molecule has 0 unspecified atom stereocenters. The Labute approximate surface area is 149 Å². The third-order valence-electron chi connectivity index (χ3n) is 3.66. The fraction of sp³-hybridized carbons (Fsp3) is 0.111. The molecule has 0 spiro atoms. The van der Waals surface area contributed by atoms with E-state index in [-0.39, 0.29) is 5.75 Å². The summed E-state index contributed by atoms with van der Waals surface area (Å²) in [6.07, 6.45) is 3.64. The average Bonchev–Trinajstić information content (AvgIpc) is 3.18. The number of amides is 2. The molecular formula is C18H17N5O3. The molecule has 0 saturated heterocycles. The summed E-state index contributed by atoms with van der Waals surface area (Å²) < 4.78 is 1.69. The first kappa shape index (κ1) is 17.2. The van der Waals surface area contributed by atoms with Gasteiger partial charge < -0.3 is 15.7 Å². The Balaban J connectivity index is 1.52. The van der Waals surface area contributed by atoms with Crippen molar-refractivity contribution in [1.82, 2.24) is 20.1 Å². The van der Waals surface area contributed by atoms with Crippen molar-refractivity contribution in [1.29, 1.82) is 0 Å². The zero-order chi connectivity index (χ0) is 18.4. The number of carbonyl (C=O) groups excluding carboxylic acids is 2. The third-order valence-corrected chi connectivity index (χ3v) is 3.66. The maximum Gasteiger partial charge on any atom is 0.313 e. The quantitative estimate of drug-likeness (QED) is 0.600. The second-order valence-electron chi connectivity index (χ2n) is 5.55. The highest BCUT2D eigenvalue weighted by molar-refractivity contribution is 6.39. The molecule has 26 heavy (non-hydrogen) atoms. The Bertz CT molecular complexity index is 891. The number of rotatable bonds is 5. The predicted molar refractivity (Wildman–Crippen MR) is 94.8 cm³/mol. The second kappa shape index (κ2) is 7.93. The highest BCUT2D eigenvalue weighted by atomic mass is 16.3. The van der Waals surface area contributed by atoms with Crippen LogP contribution in [0.1, 0.15) is 5.56 Å². The summed E-state index contributed by atoms with van der Waals surface area (Å²) >= 11 is 0. The van der Waals surface area contributed by atoms with Crippen molar-refractivity contribution >= 4 is 17.5 Å². The Hall–Kier alpha value is -3.68. The van der Waals surface area contributed by atoms with Crippen molar-refractivity contribution < 1.29 is 14.7 Å². The average molecular weight is 351 g/mol. The first-order valence-electron chi connectivity index (χ1n) is 7.94. The molecule has 1 aromatic heterocycles. The smallest absolute Gasteiger partial charge is 0.313 e. The van der Waals surface area contributed by atoms with Gasteiger partial charge in [-0.15, -0.1) is 10.2 Å². The monoisotopic (exact) mass is 351 g/mol.